The molecule has 3 rings (SSSR count). The number of fused-ring (bicyclic) bond motifs is 1. The normalized spacial score (nSPS) is 13.1. The number of carbonyl (C=O) groups is 3. The van der Waals surface area contributed by atoms with E-state index in [0.29, 0.717) is 22.9 Å². The van der Waals surface area contributed by atoms with E-state index in [9.17, 15) is 14.4 Å². The van der Waals surface area contributed by atoms with Crippen molar-refractivity contribution in [2.45, 2.75) is 19.3 Å². The maximum absolute atomic E-state index is 12.1. The van der Waals surface area contributed by atoms with Crippen molar-refractivity contribution < 1.29 is 19.2 Å². The standard InChI is InChI=1S/C18H14ClNO4/c19-13-10-8-12(9-11-13)4-3-7-16(21)24-20-17(22)14-5-1-2-6-15(14)18(20)23/h1-2,5-6,8-11H,3-4,7H2. The van der Waals surface area contributed by atoms with E-state index in [4.69, 9.17) is 16.4 Å². The molecule has 2 aromatic rings. The van der Waals surface area contributed by atoms with Crippen molar-refractivity contribution in [1.82, 2.24) is 5.06 Å². The fourth-order valence-corrected chi connectivity index (χ4v) is 2.61. The lowest BCUT2D eigenvalue weighted by molar-refractivity contribution is -0.168. The second-order valence-corrected chi connectivity index (χ2v) is 5.83. The summed E-state index contributed by atoms with van der Waals surface area (Å²) in [4.78, 5) is 41.0. The van der Waals surface area contributed by atoms with E-state index in [1.54, 1.807) is 24.3 Å². The molecule has 0 fully saturated rings. The number of nitrogens with zero attached hydrogens (tertiary/aromatic N) is 1. The van der Waals surface area contributed by atoms with Gasteiger partial charge in [-0.3, -0.25) is 9.59 Å². The van der Waals surface area contributed by atoms with E-state index in [2.05, 4.69) is 0 Å². The fourth-order valence-electron chi connectivity index (χ4n) is 2.49. The Balaban J connectivity index is 1.53. The molecule has 0 saturated heterocycles. The number of carbonyl (C=O) groups excluding carboxylic acids is 3. The molecule has 0 saturated carbocycles. The zero-order valence-electron chi connectivity index (χ0n) is 12.7. The summed E-state index contributed by atoms with van der Waals surface area (Å²) in [7, 11) is 0. The molecule has 2 amide bonds. The first-order valence-electron chi connectivity index (χ1n) is 7.49. The van der Waals surface area contributed by atoms with Crippen LogP contribution < -0.4 is 0 Å². The van der Waals surface area contributed by atoms with Gasteiger partial charge in [-0.1, -0.05) is 40.9 Å². The molecule has 6 heteroatoms. The molecule has 0 bridgehead atoms. The summed E-state index contributed by atoms with van der Waals surface area (Å²) in [6.45, 7) is 0. The second-order valence-electron chi connectivity index (χ2n) is 5.39. The maximum atomic E-state index is 12.1. The lowest BCUT2D eigenvalue weighted by Gasteiger charge is -2.12. The van der Waals surface area contributed by atoms with Crippen molar-refractivity contribution in [2.24, 2.45) is 0 Å². The SMILES string of the molecule is O=C(CCCc1ccc(Cl)cc1)ON1C(=O)c2ccccc2C1=O. The van der Waals surface area contributed by atoms with Crippen molar-refractivity contribution in [3.8, 4) is 0 Å². The minimum atomic E-state index is -0.613. The monoisotopic (exact) mass is 343 g/mol. The first-order chi connectivity index (χ1) is 11.6. The highest BCUT2D eigenvalue weighted by molar-refractivity contribution is 6.30. The van der Waals surface area contributed by atoms with Crippen LogP contribution in [0.1, 0.15) is 39.1 Å². The van der Waals surface area contributed by atoms with E-state index >= 15 is 0 Å². The van der Waals surface area contributed by atoms with E-state index in [0.717, 1.165) is 5.56 Å². The van der Waals surface area contributed by atoms with E-state index in [1.165, 1.54) is 12.1 Å². The van der Waals surface area contributed by atoms with Crippen LogP contribution in [-0.4, -0.2) is 22.8 Å². The zero-order valence-corrected chi connectivity index (χ0v) is 13.5. The molecule has 1 aliphatic heterocycles. The summed E-state index contributed by atoms with van der Waals surface area (Å²) in [5.41, 5.74) is 1.54. The molecule has 0 N–H and O–H groups in total. The molecule has 2 aromatic carbocycles. The predicted molar refractivity (Wildman–Crippen MR) is 87.4 cm³/mol. The van der Waals surface area contributed by atoms with Crippen molar-refractivity contribution in [3.05, 3.63) is 70.2 Å². The Morgan fingerprint density at radius 1 is 0.958 bits per heavy atom. The van der Waals surface area contributed by atoms with Gasteiger partial charge in [0.15, 0.2) is 0 Å². The van der Waals surface area contributed by atoms with Crippen LogP contribution in [0.15, 0.2) is 48.5 Å². The minimum Gasteiger partial charge on any atom is -0.330 e. The van der Waals surface area contributed by atoms with Crippen LogP contribution in [-0.2, 0) is 16.1 Å². The molecule has 0 radical (unpaired) electrons. The summed E-state index contributed by atoms with van der Waals surface area (Å²) >= 11 is 5.81. The number of hydroxylamine groups is 2. The average Bonchev–Trinajstić information content (AvgIpc) is 2.82. The van der Waals surface area contributed by atoms with Crippen molar-refractivity contribution >= 4 is 29.4 Å². The molecule has 0 unspecified atom stereocenters. The fraction of sp³-hybridized carbons (Fsp3) is 0.167. The van der Waals surface area contributed by atoms with Gasteiger partial charge in [0, 0.05) is 11.4 Å². The van der Waals surface area contributed by atoms with Crippen molar-refractivity contribution in [1.29, 1.82) is 0 Å². The number of hydrogen-bond acceptors (Lipinski definition) is 4. The van der Waals surface area contributed by atoms with E-state index in [-0.39, 0.29) is 17.5 Å². The highest BCUT2D eigenvalue weighted by atomic mass is 35.5. The number of hydrogen-bond donors (Lipinski definition) is 0. The number of benzene rings is 2. The quantitative estimate of drug-likeness (QED) is 0.780. The number of imide groups is 1. The van der Waals surface area contributed by atoms with Gasteiger partial charge in [-0.15, -0.1) is 0 Å². The number of halogens is 1. The topological polar surface area (TPSA) is 63.7 Å². The lowest BCUT2D eigenvalue weighted by atomic mass is 10.1. The molecule has 1 aliphatic rings. The Morgan fingerprint density at radius 3 is 2.12 bits per heavy atom. The lowest BCUT2D eigenvalue weighted by Crippen LogP contribution is -2.32. The van der Waals surface area contributed by atoms with Crippen LogP contribution in [0.3, 0.4) is 0 Å². The van der Waals surface area contributed by atoms with Gasteiger partial charge in [-0.2, -0.15) is 0 Å². The van der Waals surface area contributed by atoms with Crippen molar-refractivity contribution in [2.75, 3.05) is 0 Å². The first kappa shape index (κ1) is 16.2. The van der Waals surface area contributed by atoms with Crippen LogP contribution >= 0.6 is 11.6 Å². The third kappa shape index (κ3) is 3.31. The second kappa shape index (κ2) is 6.84. The number of amides is 2. The Hall–Kier alpha value is -2.66. The van der Waals surface area contributed by atoms with Gasteiger partial charge in [0.1, 0.15) is 0 Å². The molecular formula is C18H14ClNO4. The average molecular weight is 344 g/mol. The van der Waals surface area contributed by atoms with Crippen LogP contribution in [0.4, 0.5) is 0 Å². The van der Waals surface area contributed by atoms with Crippen LogP contribution in [0.5, 0.6) is 0 Å². The van der Waals surface area contributed by atoms with Crippen molar-refractivity contribution in [3.63, 3.8) is 0 Å². The molecule has 24 heavy (non-hydrogen) atoms. The third-order valence-corrected chi connectivity index (χ3v) is 3.96. The Bertz CT molecular complexity index is 766. The Morgan fingerprint density at radius 2 is 1.54 bits per heavy atom. The molecule has 0 aliphatic carbocycles. The number of rotatable bonds is 5. The summed E-state index contributed by atoms with van der Waals surface area (Å²) in [6.07, 6.45) is 1.33. The van der Waals surface area contributed by atoms with Gasteiger partial charge in [-0.25, -0.2) is 4.79 Å². The summed E-state index contributed by atoms with van der Waals surface area (Å²) < 4.78 is 0. The summed E-state index contributed by atoms with van der Waals surface area (Å²) in [6, 6.07) is 13.7. The van der Waals surface area contributed by atoms with Gasteiger partial charge in [0.2, 0.25) is 0 Å². The van der Waals surface area contributed by atoms with Gasteiger partial charge >= 0.3 is 5.97 Å². The largest absolute Gasteiger partial charge is 0.333 e. The highest BCUT2D eigenvalue weighted by Gasteiger charge is 2.38. The minimum absolute atomic E-state index is 0.107. The number of aryl methyl sites for hydroxylation is 1. The molecule has 0 atom stereocenters. The van der Waals surface area contributed by atoms with Crippen LogP contribution in [0.25, 0.3) is 0 Å². The van der Waals surface area contributed by atoms with Gasteiger partial charge in [0.25, 0.3) is 11.8 Å². The molecule has 0 spiro atoms. The molecule has 1 heterocycles. The Labute approximate surface area is 143 Å². The molecule has 122 valence electrons. The van der Waals surface area contributed by atoms with Crippen LogP contribution in [0.2, 0.25) is 5.02 Å². The summed E-state index contributed by atoms with van der Waals surface area (Å²) in [5, 5.41) is 1.19. The molecule has 0 aromatic heterocycles. The zero-order chi connectivity index (χ0) is 17.1. The smallest absolute Gasteiger partial charge is 0.330 e. The van der Waals surface area contributed by atoms with Gasteiger partial charge < -0.3 is 4.84 Å². The van der Waals surface area contributed by atoms with E-state index < -0.39 is 17.8 Å². The van der Waals surface area contributed by atoms with E-state index in [1.807, 2.05) is 12.1 Å². The predicted octanol–water partition coefficient (Wildman–Crippen LogP) is 3.42. The molecule has 5 nitrogen and oxygen atoms in total. The maximum Gasteiger partial charge on any atom is 0.333 e. The third-order valence-electron chi connectivity index (χ3n) is 3.71. The van der Waals surface area contributed by atoms with Gasteiger partial charge in [0.05, 0.1) is 11.1 Å². The molecular weight excluding hydrogens is 330 g/mol. The Kier molecular flexibility index (Phi) is 4.62. The first-order valence-corrected chi connectivity index (χ1v) is 7.87. The highest BCUT2D eigenvalue weighted by Crippen LogP contribution is 2.23. The summed E-state index contributed by atoms with van der Waals surface area (Å²) in [5.74, 6) is -1.83. The van der Waals surface area contributed by atoms with Gasteiger partial charge in [-0.05, 0) is 42.7 Å². The van der Waals surface area contributed by atoms with Crippen LogP contribution in [0, 0.1) is 0 Å².